The van der Waals surface area contributed by atoms with Crippen LogP contribution in [0.4, 0.5) is 5.69 Å². The molecule has 0 aliphatic carbocycles. The largest absolute Gasteiger partial charge is 0.332 e. The highest BCUT2D eigenvalue weighted by Crippen LogP contribution is 2.18. The molecule has 0 radical (unpaired) electrons. The molecule has 2 fully saturated rings. The Kier molecular flexibility index (Phi) is 5.94. The highest BCUT2D eigenvalue weighted by atomic mass is 16.2. The number of hydrogen-bond donors (Lipinski definition) is 0. The zero-order valence-electron chi connectivity index (χ0n) is 16.1. The van der Waals surface area contributed by atoms with Gasteiger partial charge in [0.2, 0.25) is 11.8 Å². The van der Waals surface area contributed by atoms with E-state index >= 15 is 0 Å². The van der Waals surface area contributed by atoms with Crippen LogP contribution >= 0.6 is 0 Å². The van der Waals surface area contributed by atoms with Crippen molar-refractivity contribution in [2.24, 2.45) is 0 Å². The number of nitrogens with zero attached hydrogens (tertiary/aromatic N) is 4. The number of carbonyl (C=O) groups excluding carboxylic acids is 2. The topological polar surface area (TPSA) is 47.1 Å². The summed E-state index contributed by atoms with van der Waals surface area (Å²) in [4.78, 5) is 33.1. The molecule has 1 aromatic rings. The molecule has 6 heteroatoms. The van der Waals surface area contributed by atoms with Crippen LogP contribution in [-0.2, 0) is 9.59 Å². The van der Waals surface area contributed by atoms with Gasteiger partial charge in [-0.1, -0.05) is 17.7 Å². The average Bonchev–Trinajstić information content (AvgIpc) is 3.07. The van der Waals surface area contributed by atoms with Gasteiger partial charge in [-0.3, -0.25) is 9.59 Å². The van der Waals surface area contributed by atoms with Crippen LogP contribution in [0.25, 0.3) is 0 Å². The van der Waals surface area contributed by atoms with Gasteiger partial charge in [-0.2, -0.15) is 0 Å². The van der Waals surface area contributed by atoms with E-state index in [1.54, 1.807) is 9.80 Å². The van der Waals surface area contributed by atoms with E-state index < -0.39 is 0 Å². The van der Waals surface area contributed by atoms with Crippen LogP contribution in [0, 0.1) is 6.92 Å². The number of rotatable bonds is 5. The number of piperazine rings is 1. The fraction of sp³-hybridized carbons (Fsp3) is 0.600. The van der Waals surface area contributed by atoms with Crippen molar-refractivity contribution in [1.82, 2.24) is 14.7 Å². The minimum absolute atomic E-state index is 0.000717. The highest BCUT2D eigenvalue weighted by Gasteiger charge is 2.29. The monoisotopic (exact) mass is 358 g/mol. The Morgan fingerprint density at radius 3 is 2.54 bits per heavy atom. The van der Waals surface area contributed by atoms with Crippen LogP contribution in [-0.4, -0.2) is 85.9 Å². The first-order chi connectivity index (χ1) is 12.4. The van der Waals surface area contributed by atoms with E-state index in [1.165, 1.54) is 5.56 Å². The Morgan fingerprint density at radius 2 is 1.92 bits per heavy atom. The third kappa shape index (κ3) is 4.43. The van der Waals surface area contributed by atoms with Crippen LogP contribution in [0.1, 0.15) is 18.4 Å². The first kappa shape index (κ1) is 18.9. The SMILES string of the molecule is Cc1ccc(N2CCN(C(=O)CCN(C)[C@H]3CCN(C)C3)CC2=O)cc1. The maximum atomic E-state index is 12.5. The summed E-state index contributed by atoms with van der Waals surface area (Å²) in [5, 5.41) is 0. The zero-order valence-corrected chi connectivity index (χ0v) is 16.1. The molecule has 142 valence electrons. The Hall–Kier alpha value is -1.92. The lowest BCUT2D eigenvalue weighted by atomic mass is 10.2. The van der Waals surface area contributed by atoms with Crippen LogP contribution in [0.2, 0.25) is 0 Å². The Balaban J connectivity index is 1.48. The molecule has 0 spiro atoms. The fourth-order valence-corrected chi connectivity index (χ4v) is 3.77. The summed E-state index contributed by atoms with van der Waals surface area (Å²) in [5.74, 6) is 0.0827. The summed E-state index contributed by atoms with van der Waals surface area (Å²) in [5.41, 5.74) is 2.09. The zero-order chi connectivity index (χ0) is 18.7. The Labute approximate surface area is 156 Å². The first-order valence-electron chi connectivity index (χ1n) is 9.47. The average molecular weight is 358 g/mol. The Morgan fingerprint density at radius 1 is 1.19 bits per heavy atom. The molecule has 2 amide bonds. The maximum absolute atomic E-state index is 12.5. The van der Waals surface area contributed by atoms with E-state index in [1.807, 2.05) is 31.2 Å². The number of benzene rings is 1. The van der Waals surface area contributed by atoms with E-state index in [9.17, 15) is 9.59 Å². The highest BCUT2D eigenvalue weighted by molar-refractivity contribution is 5.97. The maximum Gasteiger partial charge on any atom is 0.246 e. The third-order valence-electron chi connectivity index (χ3n) is 5.59. The van der Waals surface area contributed by atoms with Gasteiger partial charge in [0.25, 0.3) is 0 Å². The van der Waals surface area contributed by atoms with Crippen LogP contribution in [0.15, 0.2) is 24.3 Å². The summed E-state index contributed by atoms with van der Waals surface area (Å²) in [6, 6.07) is 8.50. The molecule has 3 rings (SSSR count). The second kappa shape index (κ2) is 8.18. The van der Waals surface area contributed by atoms with E-state index in [4.69, 9.17) is 0 Å². The van der Waals surface area contributed by atoms with E-state index in [0.29, 0.717) is 25.6 Å². The molecule has 0 bridgehead atoms. The molecule has 0 unspecified atom stereocenters. The number of aryl methyl sites for hydroxylation is 1. The number of anilines is 1. The molecule has 26 heavy (non-hydrogen) atoms. The van der Waals surface area contributed by atoms with Crippen LogP contribution in [0.5, 0.6) is 0 Å². The molecule has 6 nitrogen and oxygen atoms in total. The van der Waals surface area contributed by atoms with Crippen molar-refractivity contribution < 1.29 is 9.59 Å². The van der Waals surface area contributed by atoms with Crippen molar-refractivity contribution in [3.63, 3.8) is 0 Å². The van der Waals surface area contributed by atoms with Crippen molar-refractivity contribution in [2.75, 3.05) is 58.3 Å². The van der Waals surface area contributed by atoms with Crippen LogP contribution < -0.4 is 4.90 Å². The Bertz CT molecular complexity index is 646. The van der Waals surface area contributed by atoms with Gasteiger partial charge in [-0.05, 0) is 46.1 Å². The van der Waals surface area contributed by atoms with Crippen molar-refractivity contribution in [2.45, 2.75) is 25.8 Å². The number of amides is 2. The van der Waals surface area contributed by atoms with Crippen LogP contribution in [0.3, 0.4) is 0 Å². The molecule has 0 aromatic heterocycles. The van der Waals surface area contributed by atoms with Gasteiger partial charge in [-0.15, -0.1) is 0 Å². The van der Waals surface area contributed by atoms with Gasteiger partial charge in [-0.25, -0.2) is 0 Å². The molecule has 0 N–H and O–H groups in total. The van der Waals surface area contributed by atoms with Gasteiger partial charge in [0.15, 0.2) is 0 Å². The van der Waals surface area contributed by atoms with Gasteiger partial charge in [0.1, 0.15) is 6.54 Å². The van der Waals surface area contributed by atoms with Crippen molar-refractivity contribution in [3.05, 3.63) is 29.8 Å². The summed E-state index contributed by atoms with van der Waals surface area (Å²) in [6.07, 6.45) is 1.64. The molecule has 1 atom stereocenters. The predicted octanol–water partition coefficient (Wildman–Crippen LogP) is 1.20. The summed E-state index contributed by atoms with van der Waals surface area (Å²) >= 11 is 0. The number of hydrogen-bond acceptors (Lipinski definition) is 4. The minimum Gasteiger partial charge on any atom is -0.332 e. The van der Waals surface area contributed by atoms with E-state index in [0.717, 1.165) is 31.7 Å². The molecular weight excluding hydrogens is 328 g/mol. The lowest BCUT2D eigenvalue weighted by Crippen LogP contribution is -2.52. The normalized spacial score (nSPS) is 21.7. The van der Waals surface area contributed by atoms with E-state index in [-0.39, 0.29) is 18.4 Å². The predicted molar refractivity (Wildman–Crippen MR) is 103 cm³/mol. The molecule has 2 aliphatic rings. The molecule has 2 aliphatic heterocycles. The quantitative estimate of drug-likeness (QED) is 0.793. The van der Waals surface area contributed by atoms with E-state index in [2.05, 4.69) is 23.9 Å². The first-order valence-corrected chi connectivity index (χ1v) is 9.47. The van der Waals surface area contributed by atoms with Gasteiger partial charge in [0, 0.05) is 44.3 Å². The fourth-order valence-electron chi connectivity index (χ4n) is 3.77. The van der Waals surface area contributed by atoms with Gasteiger partial charge in [0.05, 0.1) is 0 Å². The van der Waals surface area contributed by atoms with Crippen molar-refractivity contribution in [3.8, 4) is 0 Å². The third-order valence-corrected chi connectivity index (χ3v) is 5.59. The summed E-state index contributed by atoms with van der Waals surface area (Å²) in [6.45, 7) is 6.33. The smallest absolute Gasteiger partial charge is 0.246 e. The number of likely N-dealkylation sites (tertiary alicyclic amines) is 1. The summed E-state index contributed by atoms with van der Waals surface area (Å²) in [7, 11) is 4.23. The molecule has 2 saturated heterocycles. The lowest BCUT2D eigenvalue weighted by molar-refractivity contribution is -0.137. The number of carbonyl (C=O) groups is 2. The second-order valence-electron chi connectivity index (χ2n) is 7.63. The lowest BCUT2D eigenvalue weighted by Gasteiger charge is -2.35. The second-order valence-corrected chi connectivity index (χ2v) is 7.63. The van der Waals surface area contributed by atoms with Gasteiger partial charge < -0.3 is 19.6 Å². The van der Waals surface area contributed by atoms with Gasteiger partial charge >= 0.3 is 0 Å². The standard InChI is InChI=1S/C20H30N4O2/c1-16-4-6-17(7-5-16)24-13-12-23(15-20(24)26)19(25)9-11-22(3)18-8-10-21(2)14-18/h4-7,18H,8-15H2,1-3H3/t18-/m0/s1. The molecule has 0 saturated carbocycles. The molecule has 2 heterocycles. The minimum atomic E-state index is -0.000717. The number of likely N-dealkylation sites (N-methyl/N-ethyl adjacent to an activating group) is 2. The van der Waals surface area contributed by atoms with Crippen molar-refractivity contribution in [1.29, 1.82) is 0 Å². The summed E-state index contributed by atoms with van der Waals surface area (Å²) < 4.78 is 0. The van der Waals surface area contributed by atoms with Crippen molar-refractivity contribution >= 4 is 17.5 Å². The molecular formula is C20H30N4O2. The molecule has 1 aromatic carbocycles.